The number of rotatable bonds is 6. The van der Waals surface area contributed by atoms with Crippen LogP contribution in [-0.2, 0) is 10.0 Å². The SMILES string of the molecule is COc1ccc(C(=O)c2ccccc2NS(=O)(=O)c2ccccc2)cc1. The molecule has 1 N–H and O–H groups in total. The third-order valence-electron chi connectivity index (χ3n) is 3.82. The van der Waals surface area contributed by atoms with E-state index in [0.717, 1.165) is 0 Å². The van der Waals surface area contributed by atoms with Gasteiger partial charge in [0.1, 0.15) is 5.75 Å². The first-order chi connectivity index (χ1) is 12.5. The van der Waals surface area contributed by atoms with E-state index in [1.807, 2.05) is 0 Å². The summed E-state index contributed by atoms with van der Waals surface area (Å²) in [5, 5.41) is 0. The molecular formula is C20H17NO4S. The van der Waals surface area contributed by atoms with Crippen molar-refractivity contribution in [3.63, 3.8) is 0 Å². The fraction of sp³-hybridized carbons (Fsp3) is 0.0500. The van der Waals surface area contributed by atoms with Gasteiger partial charge in [-0.1, -0.05) is 30.3 Å². The Hall–Kier alpha value is -3.12. The molecule has 0 atom stereocenters. The predicted molar refractivity (Wildman–Crippen MR) is 100 cm³/mol. The van der Waals surface area contributed by atoms with Crippen LogP contribution in [0.1, 0.15) is 15.9 Å². The van der Waals surface area contributed by atoms with Gasteiger partial charge in [-0.25, -0.2) is 8.42 Å². The van der Waals surface area contributed by atoms with Crippen molar-refractivity contribution in [2.75, 3.05) is 11.8 Å². The smallest absolute Gasteiger partial charge is 0.261 e. The van der Waals surface area contributed by atoms with Crippen LogP contribution in [0.15, 0.2) is 83.8 Å². The van der Waals surface area contributed by atoms with Crippen LogP contribution >= 0.6 is 0 Å². The monoisotopic (exact) mass is 367 g/mol. The number of ether oxygens (including phenoxy) is 1. The maximum absolute atomic E-state index is 12.8. The average molecular weight is 367 g/mol. The van der Waals surface area contributed by atoms with E-state index >= 15 is 0 Å². The molecule has 0 aliphatic rings. The molecule has 3 aromatic rings. The van der Waals surface area contributed by atoms with Gasteiger partial charge in [0.15, 0.2) is 5.78 Å². The molecule has 3 aromatic carbocycles. The van der Waals surface area contributed by atoms with Crippen LogP contribution in [0.25, 0.3) is 0 Å². The van der Waals surface area contributed by atoms with Crippen molar-refractivity contribution in [1.29, 1.82) is 0 Å². The van der Waals surface area contributed by atoms with Gasteiger partial charge in [-0.3, -0.25) is 9.52 Å². The number of sulfonamides is 1. The Kier molecular flexibility index (Phi) is 5.04. The fourth-order valence-electron chi connectivity index (χ4n) is 2.47. The summed E-state index contributed by atoms with van der Waals surface area (Å²) in [7, 11) is -2.24. The summed E-state index contributed by atoms with van der Waals surface area (Å²) in [6, 6.07) is 21.2. The second-order valence-corrected chi connectivity index (χ2v) is 7.20. The lowest BCUT2D eigenvalue weighted by Gasteiger charge is -2.12. The molecule has 0 unspecified atom stereocenters. The molecule has 132 valence electrons. The Morgan fingerprint density at radius 1 is 0.846 bits per heavy atom. The Bertz CT molecular complexity index is 1010. The lowest BCUT2D eigenvalue weighted by Crippen LogP contribution is -2.15. The number of hydrogen-bond acceptors (Lipinski definition) is 4. The maximum Gasteiger partial charge on any atom is 0.261 e. The highest BCUT2D eigenvalue weighted by Crippen LogP contribution is 2.23. The van der Waals surface area contributed by atoms with E-state index in [1.165, 1.54) is 12.1 Å². The summed E-state index contributed by atoms with van der Waals surface area (Å²) < 4.78 is 32.7. The molecule has 0 saturated carbocycles. The van der Waals surface area contributed by atoms with E-state index in [2.05, 4.69) is 4.72 Å². The van der Waals surface area contributed by atoms with Crippen molar-refractivity contribution >= 4 is 21.5 Å². The first-order valence-electron chi connectivity index (χ1n) is 7.87. The van der Waals surface area contributed by atoms with Crippen LogP contribution in [0.2, 0.25) is 0 Å². The number of anilines is 1. The summed E-state index contributed by atoms with van der Waals surface area (Å²) in [6.45, 7) is 0. The van der Waals surface area contributed by atoms with Crippen LogP contribution in [0.3, 0.4) is 0 Å². The topological polar surface area (TPSA) is 72.5 Å². The number of hydrogen-bond donors (Lipinski definition) is 1. The summed E-state index contributed by atoms with van der Waals surface area (Å²) in [5.74, 6) is 0.360. The van der Waals surface area contributed by atoms with Gasteiger partial charge >= 0.3 is 0 Å². The molecule has 0 heterocycles. The van der Waals surface area contributed by atoms with Gasteiger partial charge in [-0.05, 0) is 48.5 Å². The number of methoxy groups -OCH3 is 1. The van der Waals surface area contributed by atoms with Gasteiger partial charge in [0.25, 0.3) is 10.0 Å². The zero-order valence-corrected chi connectivity index (χ0v) is 14.9. The van der Waals surface area contributed by atoms with Gasteiger partial charge in [0.05, 0.1) is 17.7 Å². The van der Waals surface area contributed by atoms with Crippen molar-refractivity contribution < 1.29 is 17.9 Å². The summed E-state index contributed by atoms with van der Waals surface area (Å²) >= 11 is 0. The van der Waals surface area contributed by atoms with Gasteiger partial charge in [-0.2, -0.15) is 0 Å². The average Bonchev–Trinajstić information content (AvgIpc) is 2.68. The fourth-order valence-corrected chi connectivity index (χ4v) is 3.57. The molecule has 0 aliphatic heterocycles. The van der Waals surface area contributed by atoms with Crippen LogP contribution in [0, 0.1) is 0 Å². The third kappa shape index (κ3) is 3.75. The molecule has 0 fully saturated rings. The molecule has 3 rings (SSSR count). The number of ketones is 1. The van der Waals surface area contributed by atoms with Crippen LogP contribution in [0.5, 0.6) is 5.75 Å². The standard InChI is InChI=1S/C20H17NO4S/c1-25-16-13-11-15(12-14-16)20(22)18-9-5-6-10-19(18)21-26(23,24)17-7-3-2-4-8-17/h2-14,21H,1H3. The van der Waals surface area contributed by atoms with E-state index in [-0.39, 0.29) is 21.9 Å². The minimum absolute atomic E-state index is 0.131. The zero-order valence-electron chi connectivity index (χ0n) is 14.0. The quantitative estimate of drug-likeness (QED) is 0.674. The summed E-state index contributed by atoms with van der Waals surface area (Å²) in [4.78, 5) is 12.9. The van der Waals surface area contributed by atoms with E-state index in [9.17, 15) is 13.2 Å². The Labute approximate surface area is 152 Å². The molecule has 0 bridgehead atoms. The minimum Gasteiger partial charge on any atom is -0.497 e. The molecule has 26 heavy (non-hydrogen) atoms. The molecule has 0 radical (unpaired) electrons. The van der Waals surface area contributed by atoms with Gasteiger partial charge in [-0.15, -0.1) is 0 Å². The van der Waals surface area contributed by atoms with E-state index in [1.54, 1.807) is 73.8 Å². The van der Waals surface area contributed by atoms with E-state index < -0.39 is 10.0 Å². The molecule has 0 aromatic heterocycles. The molecular weight excluding hydrogens is 350 g/mol. The van der Waals surface area contributed by atoms with Gasteiger partial charge in [0, 0.05) is 11.1 Å². The number of nitrogens with one attached hydrogen (secondary N) is 1. The summed E-state index contributed by atoms with van der Waals surface area (Å²) in [6.07, 6.45) is 0. The number of para-hydroxylation sites is 1. The van der Waals surface area contributed by atoms with Crippen molar-refractivity contribution in [2.45, 2.75) is 4.90 Å². The normalized spacial score (nSPS) is 11.0. The van der Waals surface area contributed by atoms with Crippen LogP contribution < -0.4 is 9.46 Å². The Morgan fingerprint density at radius 2 is 1.46 bits per heavy atom. The Morgan fingerprint density at radius 3 is 2.12 bits per heavy atom. The number of carbonyl (C=O) groups excluding carboxylic acids is 1. The highest BCUT2D eigenvalue weighted by atomic mass is 32.2. The van der Waals surface area contributed by atoms with E-state index in [0.29, 0.717) is 11.3 Å². The lowest BCUT2D eigenvalue weighted by molar-refractivity contribution is 0.103. The first-order valence-corrected chi connectivity index (χ1v) is 9.35. The van der Waals surface area contributed by atoms with Crippen LogP contribution in [0.4, 0.5) is 5.69 Å². The lowest BCUT2D eigenvalue weighted by atomic mass is 10.0. The minimum atomic E-state index is -3.78. The van der Waals surface area contributed by atoms with Crippen molar-refractivity contribution in [2.24, 2.45) is 0 Å². The first kappa shape index (κ1) is 17.7. The molecule has 0 saturated heterocycles. The second-order valence-electron chi connectivity index (χ2n) is 5.52. The molecule has 0 spiro atoms. The molecule has 6 heteroatoms. The predicted octanol–water partition coefficient (Wildman–Crippen LogP) is 3.73. The molecule has 0 amide bonds. The van der Waals surface area contributed by atoms with Gasteiger partial charge in [0.2, 0.25) is 0 Å². The third-order valence-corrected chi connectivity index (χ3v) is 5.20. The summed E-state index contributed by atoms with van der Waals surface area (Å²) in [5.41, 5.74) is 0.950. The van der Waals surface area contributed by atoms with Crippen molar-refractivity contribution in [3.8, 4) is 5.75 Å². The number of carbonyl (C=O) groups is 1. The Balaban J connectivity index is 1.94. The van der Waals surface area contributed by atoms with Crippen molar-refractivity contribution in [1.82, 2.24) is 0 Å². The highest BCUT2D eigenvalue weighted by molar-refractivity contribution is 7.92. The largest absolute Gasteiger partial charge is 0.497 e. The molecule has 5 nitrogen and oxygen atoms in total. The highest BCUT2D eigenvalue weighted by Gasteiger charge is 2.19. The van der Waals surface area contributed by atoms with E-state index in [4.69, 9.17) is 4.74 Å². The van der Waals surface area contributed by atoms with Crippen LogP contribution in [-0.4, -0.2) is 21.3 Å². The molecule has 0 aliphatic carbocycles. The second kappa shape index (κ2) is 7.41. The number of benzene rings is 3. The van der Waals surface area contributed by atoms with Crippen molar-refractivity contribution in [3.05, 3.63) is 90.0 Å². The maximum atomic E-state index is 12.8. The zero-order chi connectivity index (χ0) is 18.6. The van der Waals surface area contributed by atoms with Gasteiger partial charge < -0.3 is 4.74 Å².